The van der Waals surface area contributed by atoms with Crippen molar-refractivity contribution in [3.05, 3.63) is 22.8 Å². The molecule has 1 aromatic rings. The van der Waals surface area contributed by atoms with Crippen LogP contribution in [0.25, 0.3) is 0 Å². The van der Waals surface area contributed by atoms with E-state index in [-0.39, 0.29) is 0 Å². The van der Waals surface area contributed by atoms with Crippen LogP contribution >= 0.6 is 0 Å². The predicted octanol–water partition coefficient (Wildman–Crippen LogP) is 5.98. The quantitative estimate of drug-likeness (QED) is 0.444. The summed E-state index contributed by atoms with van der Waals surface area (Å²) in [6.07, 6.45) is 15.0. The van der Waals surface area contributed by atoms with Crippen molar-refractivity contribution in [2.45, 2.75) is 105 Å². The maximum atomic E-state index is 4.80. The summed E-state index contributed by atoms with van der Waals surface area (Å²) in [7, 11) is 0. The summed E-state index contributed by atoms with van der Waals surface area (Å²) >= 11 is 0. The Morgan fingerprint density at radius 2 is 1.00 bits per heavy atom. The van der Waals surface area contributed by atoms with E-state index >= 15 is 0 Å². The third-order valence-electron chi connectivity index (χ3n) is 4.35. The van der Waals surface area contributed by atoms with Crippen LogP contribution in [0.5, 0.6) is 0 Å². The number of nitrogens with zero attached hydrogens (tertiary/aromatic N) is 2. The van der Waals surface area contributed by atoms with Crippen molar-refractivity contribution >= 4 is 0 Å². The van der Waals surface area contributed by atoms with E-state index in [1.807, 2.05) is 0 Å². The first-order chi connectivity index (χ1) is 10.7. The van der Waals surface area contributed by atoms with Crippen LogP contribution in [-0.2, 0) is 19.3 Å². The van der Waals surface area contributed by atoms with Crippen LogP contribution in [0.1, 0.15) is 101 Å². The van der Waals surface area contributed by atoms with Gasteiger partial charge in [-0.25, -0.2) is 9.97 Å². The Bertz CT molecular complexity index is 381. The van der Waals surface area contributed by atoms with Crippen LogP contribution in [0.2, 0.25) is 0 Å². The average molecular weight is 305 g/mol. The molecule has 0 aliphatic heterocycles. The van der Waals surface area contributed by atoms with Gasteiger partial charge in [-0.3, -0.25) is 0 Å². The molecule has 1 heterocycles. The first kappa shape index (κ1) is 19.1. The molecule has 0 fully saturated rings. The van der Waals surface area contributed by atoms with E-state index in [0.717, 1.165) is 18.7 Å². The van der Waals surface area contributed by atoms with Gasteiger partial charge in [0.1, 0.15) is 5.82 Å². The van der Waals surface area contributed by atoms with Crippen molar-refractivity contribution in [1.82, 2.24) is 9.97 Å². The molecule has 0 unspecified atom stereocenters. The third-order valence-corrected chi connectivity index (χ3v) is 4.35. The molecule has 2 nitrogen and oxygen atoms in total. The Balaban J connectivity index is 2.88. The van der Waals surface area contributed by atoms with Gasteiger partial charge in [-0.15, -0.1) is 0 Å². The van der Waals surface area contributed by atoms with Crippen LogP contribution in [0.15, 0.2) is 0 Å². The van der Waals surface area contributed by atoms with E-state index in [2.05, 4.69) is 27.7 Å². The average Bonchev–Trinajstić information content (AvgIpc) is 2.50. The predicted molar refractivity (Wildman–Crippen MR) is 96.5 cm³/mol. The number of rotatable bonds is 12. The molecule has 0 aliphatic rings. The first-order valence-corrected chi connectivity index (χ1v) is 9.58. The topological polar surface area (TPSA) is 25.8 Å². The lowest BCUT2D eigenvalue weighted by Crippen LogP contribution is -2.09. The summed E-state index contributed by atoms with van der Waals surface area (Å²) in [6.45, 7) is 8.87. The van der Waals surface area contributed by atoms with Crippen molar-refractivity contribution in [3.8, 4) is 0 Å². The Labute approximate surface area is 138 Å². The van der Waals surface area contributed by atoms with Crippen LogP contribution in [0.4, 0.5) is 0 Å². The molecule has 0 amide bonds. The molecule has 0 aliphatic carbocycles. The molecule has 0 saturated carbocycles. The minimum Gasteiger partial charge on any atom is -0.238 e. The molecule has 22 heavy (non-hydrogen) atoms. The smallest absolute Gasteiger partial charge is 0.125 e. The molecular formula is C20H36N2. The minimum absolute atomic E-state index is 0.970. The lowest BCUT2D eigenvalue weighted by molar-refractivity contribution is 0.653. The molecule has 0 atom stereocenters. The standard InChI is InChI=1S/C20H36N2/c1-5-8-11-14-18-19(15-12-9-6-2)21-17(4)22-20(18)16-13-10-7-3/h5-16H2,1-4H3. The lowest BCUT2D eigenvalue weighted by Gasteiger charge is -2.15. The van der Waals surface area contributed by atoms with Gasteiger partial charge in [0.05, 0.1) is 0 Å². The summed E-state index contributed by atoms with van der Waals surface area (Å²) in [5, 5.41) is 0. The molecular weight excluding hydrogens is 268 g/mol. The molecule has 0 N–H and O–H groups in total. The molecule has 126 valence electrons. The Kier molecular flexibility index (Phi) is 10.1. The second-order valence-corrected chi connectivity index (χ2v) is 6.51. The second-order valence-electron chi connectivity index (χ2n) is 6.51. The third kappa shape index (κ3) is 6.89. The zero-order chi connectivity index (χ0) is 16.2. The van der Waals surface area contributed by atoms with E-state index in [4.69, 9.17) is 9.97 Å². The SMILES string of the molecule is CCCCCc1nc(C)nc(CCCCC)c1CCCCC. The van der Waals surface area contributed by atoms with Gasteiger partial charge in [0.2, 0.25) is 0 Å². The van der Waals surface area contributed by atoms with Gasteiger partial charge in [-0.05, 0) is 51.0 Å². The summed E-state index contributed by atoms with van der Waals surface area (Å²) in [6, 6.07) is 0. The maximum Gasteiger partial charge on any atom is 0.125 e. The summed E-state index contributed by atoms with van der Waals surface area (Å²) < 4.78 is 0. The number of hydrogen-bond acceptors (Lipinski definition) is 2. The molecule has 1 rings (SSSR count). The molecule has 0 spiro atoms. The van der Waals surface area contributed by atoms with Crippen LogP contribution in [-0.4, -0.2) is 9.97 Å². The molecule has 0 saturated heterocycles. The second kappa shape index (κ2) is 11.6. The number of aryl methyl sites for hydroxylation is 3. The molecule has 0 aromatic carbocycles. The minimum atomic E-state index is 0.970. The van der Waals surface area contributed by atoms with Crippen LogP contribution in [0, 0.1) is 6.92 Å². The van der Waals surface area contributed by atoms with Crippen molar-refractivity contribution in [3.63, 3.8) is 0 Å². The highest BCUT2D eigenvalue weighted by Gasteiger charge is 2.12. The number of aromatic nitrogens is 2. The summed E-state index contributed by atoms with van der Waals surface area (Å²) in [5.74, 6) is 0.970. The largest absolute Gasteiger partial charge is 0.238 e. The van der Waals surface area contributed by atoms with Crippen molar-refractivity contribution < 1.29 is 0 Å². The highest BCUT2D eigenvalue weighted by Crippen LogP contribution is 2.20. The Morgan fingerprint density at radius 3 is 1.41 bits per heavy atom. The van der Waals surface area contributed by atoms with E-state index in [1.54, 1.807) is 0 Å². The van der Waals surface area contributed by atoms with Crippen molar-refractivity contribution in [2.24, 2.45) is 0 Å². The zero-order valence-corrected chi connectivity index (χ0v) is 15.4. The van der Waals surface area contributed by atoms with E-state index in [1.165, 1.54) is 81.2 Å². The fraction of sp³-hybridized carbons (Fsp3) is 0.800. The van der Waals surface area contributed by atoms with Gasteiger partial charge in [0, 0.05) is 11.4 Å². The summed E-state index contributed by atoms with van der Waals surface area (Å²) in [4.78, 5) is 9.60. The fourth-order valence-corrected chi connectivity index (χ4v) is 3.06. The molecule has 0 bridgehead atoms. The highest BCUT2D eigenvalue weighted by atomic mass is 14.9. The lowest BCUT2D eigenvalue weighted by atomic mass is 9.97. The highest BCUT2D eigenvalue weighted by molar-refractivity contribution is 5.27. The van der Waals surface area contributed by atoms with Gasteiger partial charge in [-0.2, -0.15) is 0 Å². The van der Waals surface area contributed by atoms with Gasteiger partial charge in [0.15, 0.2) is 0 Å². The van der Waals surface area contributed by atoms with E-state index in [0.29, 0.717) is 0 Å². The van der Waals surface area contributed by atoms with Gasteiger partial charge >= 0.3 is 0 Å². The van der Waals surface area contributed by atoms with Crippen LogP contribution < -0.4 is 0 Å². The normalized spacial score (nSPS) is 11.1. The Hall–Kier alpha value is -0.920. The van der Waals surface area contributed by atoms with E-state index in [9.17, 15) is 0 Å². The zero-order valence-electron chi connectivity index (χ0n) is 15.4. The monoisotopic (exact) mass is 304 g/mol. The van der Waals surface area contributed by atoms with Gasteiger partial charge in [0.25, 0.3) is 0 Å². The maximum absolute atomic E-state index is 4.80. The number of hydrogen-bond donors (Lipinski definition) is 0. The fourth-order valence-electron chi connectivity index (χ4n) is 3.06. The first-order valence-electron chi connectivity index (χ1n) is 9.58. The number of unbranched alkanes of at least 4 members (excludes halogenated alkanes) is 6. The summed E-state index contributed by atoms with van der Waals surface area (Å²) in [5.41, 5.74) is 4.19. The Morgan fingerprint density at radius 1 is 0.591 bits per heavy atom. The van der Waals surface area contributed by atoms with Crippen LogP contribution in [0.3, 0.4) is 0 Å². The molecule has 2 heteroatoms. The van der Waals surface area contributed by atoms with E-state index < -0.39 is 0 Å². The molecule has 0 radical (unpaired) electrons. The van der Waals surface area contributed by atoms with Crippen molar-refractivity contribution in [2.75, 3.05) is 0 Å². The molecule has 1 aromatic heterocycles. The van der Waals surface area contributed by atoms with Gasteiger partial charge in [-0.1, -0.05) is 59.3 Å². The van der Waals surface area contributed by atoms with Gasteiger partial charge < -0.3 is 0 Å². The van der Waals surface area contributed by atoms with Crippen molar-refractivity contribution in [1.29, 1.82) is 0 Å².